The highest BCUT2D eigenvalue weighted by Crippen LogP contribution is 2.36. The second-order valence-electron chi connectivity index (χ2n) is 7.58. The summed E-state index contributed by atoms with van der Waals surface area (Å²) in [6.07, 6.45) is 0.260. The van der Waals surface area contributed by atoms with Crippen molar-refractivity contribution in [3.63, 3.8) is 0 Å². The van der Waals surface area contributed by atoms with Crippen LogP contribution in [0.2, 0.25) is 5.02 Å². The third-order valence-corrected chi connectivity index (χ3v) is 6.19. The van der Waals surface area contributed by atoms with Gasteiger partial charge in [0.1, 0.15) is 17.3 Å². The number of anilines is 1. The van der Waals surface area contributed by atoms with Gasteiger partial charge in [0.05, 0.1) is 6.42 Å². The van der Waals surface area contributed by atoms with Crippen molar-refractivity contribution in [2.75, 3.05) is 11.1 Å². The molecule has 3 nitrogen and oxygen atoms in total. The molecule has 6 heteroatoms. The maximum atomic E-state index is 13.9. The van der Waals surface area contributed by atoms with Gasteiger partial charge in [0.2, 0.25) is 5.91 Å². The number of ether oxygens (including phenoxy) is 1. The number of hydrogen-bond acceptors (Lipinski definition) is 3. The van der Waals surface area contributed by atoms with Gasteiger partial charge in [-0.25, -0.2) is 4.39 Å². The number of amides is 1. The van der Waals surface area contributed by atoms with E-state index in [1.807, 2.05) is 36.4 Å². The summed E-state index contributed by atoms with van der Waals surface area (Å²) < 4.78 is 20.0. The molecule has 4 aromatic carbocycles. The Hall–Kier alpha value is -3.28. The van der Waals surface area contributed by atoms with E-state index >= 15 is 0 Å². The quantitative estimate of drug-likeness (QED) is 0.252. The zero-order valence-electron chi connectivity index (χ0n) is 18.6. The molecule has 172 valence electrons. The second kappa shape index (κ2) is 11.2. The summed E-state index contributed by atoms with van der Waals surface area (Å²) in [5.41, 5.74) is 2.91. The SMILES string of the molecule is CCSc1ccc(CC(=O)Nc2ccc(-c3cccc(F)c3)c(Oc3ccc(Cl)cc3)c2)cc1. The normalized spacial score (nSPS) is 10.7. The van der Waals surface area contributed by atoms with Crippen molar-refractivity contribution in [1.82, 2.24) is 0 Å². The zero-order valence-corrected chi connectivity index (χ0v) is 20.1. The molecule has 0 aromatic heterocycles. The van der Waals surface area contributed by atoms with Crippen LogP contribution in [-0.4, -0.2) is 11.7 Å². The summed E-state index contributed by atoms with van der Waals surface area (Å²) in [7, 11) is 0. The molecule has 0 aliphatic carbocycles. The number of hydrogen-bond donors (Lipinski definition) is 1. The van der Waals surface area contributed by atoms with Gasteiger partial charge in [-0.15, -0.1) is 11.8 Å². The summed E-state index contributed by atoms with van der Waals surface area (Å²) in [5.74, 6) is 1.61. The molecule has 0 spiro atoms. The number of benzene rings is 4. The van der Waals surface area contributed by atoms with Gasteiger partial charge in [-0.1, -0.05) is 42.8 Å². The van der Waals surface area contributed by atoms with E-state index in [9.17, 15) is 9.18 Å². The molecule has 4 rings (SSSR count). The summed E-state index contributed by atoms with van der Waals surface area (Å²) >= 11 is 7.75. The predicted octanol–water partition coefficient (Wildman–Crippen LogP) is 8.23. The van der Waals surface area contributed by atoms with Gasteiger partial charge in [0.25, 0.3) is 0 Å². The van der Waals surface area contributed by atoms with Crippen LogP contribution in [0, 0.1) is 5.82 Å². The highest BCUT2D eigenvalue weighted by molar-refractivity contribution is 7.99. The maximum Gasteiger partial charge on any atom is 0.228 e. The number of carbonyl (C=O) groups excluding carboxylic acids is 1. The van der Waals surface area contributed by atoms with Crippen LogP contribution in [0.3, 0.4) is 0 Å². The first-order valence-electron chi connectivity index (χ1n) is 10.8. The van der Waals surface area contributed by atoms with E-state index in [0.717, 1.165) is 11.3 Å². The van der Waals surface area contributed by atoms with Crippen LogP contribution in [0.4, 0.5) is 10.1 Å². The smallest absolute Gasteiger partial charge is 0.228 e. The molecule has 0 saturated heterocycles. The highest BCUT2D eigenvalue weighted by Gasteiger charge is 2.12. The molecule has 0 saturated carbocycles. The topological polar surface area (TPSA) is 38.3 Å². The summed E-state index contributed by atoms with van der Waals surface area (Å²) in [5, 5.41) is 3.53. The minimum atomic E-state index is -0.337. The molecule has 0 aliphatic heterocycles. The van der Waals surface area contributed by atoms with Gasteiger partial charge in [-0.3, -0.25) is 4.79 Å². The summed E-state index contributed by atoms with van der Waals surface area (Å²) in [6, 6.07) is 26.6. The molecule has 0 bridgehead atoms. The lowest BCUT2D eigenvalue weighted by Crippen LogP contribution is -2.14. The molecule has 0 fully saturated rings. The molecule has 0 atom stereocenters. The first kappa shape index (κ1) is 23.9. The van der Waals surface area contributed by atoms with Crippen molar-refractivity contribution < 1.29 is 13.9 Å². The van der Waals surface area contributed by atoms with E-state index in [-0.39, 0.29) is 18.1 Å². The van der Waals surface area contributed by atoms with Crippen molar-refractivity contribution in [3.05, 3.63) is 107 Å². The fraction of sp³-hybridized carbons (Fsp3) is 0.107. The standard InChI is InChI=1S/C28H23ClFNO2S/c1-2-34-25-13-6-19(7-14-25)16-28(32)31-23-10-15-26(20-4-3-5-22(30)17-20)27(18-23)33-24-11-8-21(29)9-12-24/h3-15,17-18H,2,16H2,1H3,(H,31,32). The Morgan fingerprint density at radius 3 is 2.44 bits per heavy atom. The second-order valence-corrected chi connectivity index (χ2v) is 9.35. The largest absolute Gasteiger partial charge is 0.457 e. The van der Waals surface area contributed by atoms with E-state index in [4.69, 9.17) is 16.3 Å². The summed E-state index contributed by atoms with van der Waals surface area (Å²) in [4.78, 5) is 13.9. The van der Waals surface area contributed by atoms with Crippen LogP contribution < -0.4 is 10.1 Å². The molecule has 1 amide bonds. The third-order valence-electron chi connectivity index (χ3n) is 5.04. The molecular formula is C28H23ClFNO2S. The van der Waals surface area contributed by atoms with Crippen LogP contribution in [0.25, 0.3) is 11.1 Å². The lowest BCUT2D eigenvalue weighted by molar-refractivity contribution is -0.115. The fourth-order valence-corrected chi connectivity index (χ4v) is 4.26. The number of rotatable bonds is 8. The molecule has 4 aromatic rings. The number of nitrogens with one attached hydrogen (secondary N) is 1. The molecule has 0 heterocycles. The minimum absolute atomic E-state index is 0.133. The van der Waals surface area contributed by atoms with Gasteiger partial charge >= 0.3 is 0 Å². The van der Waals surface area contributed by atoms with Gasteiger partial charge in [0.15, 0.2) is 0 Å². The van der Waals surface area contributed by atoms with E-state index in [1.54, 1.807) is 54.2 Å². The average molecular weight is 492 g/mol. The summed E-state index contributed by atoms with van der Waals surface area (Å²) in [6.45, 7) is 2.11. The monoisotopic (exact) mass is 491 g/mol. The number of thioether (sulfide) groups is 1. The fourth-order valence-electron chi connectivity index (χ4n) is 3.47. The van der Waals surface area contributed by atoms with Gasteiger partial charge < -0.3 is 10.1 Å². The lowest BCUT2D eigenvalue weighted by Gasteiger charge is -2.14. The Bertz CT molecular complexity index is 1280. The van der Waals surface area contributed by atoms with Crippen LogP contribution >= 0.6 is 23.4 Å². The van der Waals surface area contributed by atoms with Gasteiger partial charge in [-0.05, 0) is 77.5 Å². The first-order chi connectivity index (χ1) is 16.5. The van der Waals surface area contributed by atoms with Crippen molar-refractivity contribution in [1.29, 1.82) is 0 Å². The van der Waals surface area contributed by atoms with Crippen molar-refractivity contribution >= 4 is 35.0 Å². The Labute approximate surface area is 207 Å². The van der Waals surface area contributed by atoms with E-state index in [1.165, 1.54) is 17.0 Å². The van der Waals surface area contributed by atoms with E-state index in [0.29, 0.717) is 33.3 Å². The highest BCUT2D eigenvalue weighted by atomic mass is 35.5. The van der Waals surface area contributed by atoms with Gasteiger partial charge in [0, 0.05) is 27.2 Å². The average Bonchev–Trinajstić information content (AvgIpc) is 2.82. The molecular weight excluding hydrogens is 469 g/mol. The molecule has 0 unspecified atom stereocenters. The van der Waals surface area contributed by atoms with Crippen LogP contribution in [0.15, 0.2) is 95.9 Å². The lowest BCUT2D eigenvalue weighted by atomic mass is 10.0. The molecule has 0 radical (unpaired) electrons. The van der Waals surface area contributed by atoms with Gasteiger partial charge in [-0.2, -0.15) is 0 Å². The van der Waals surface area contributed by atoms with E-state index in [2.05, 4.69) is 12.2 Å². The Balaban J connectivity index is 1.56. The molecule has 34 heavy (non-hydrogen) atoms. The minimum Gasteiger partial charge on any atom is -0.457 e. The van der Waals surface area contributed by atoms with Crippen molar-refractivity contribution in [2.24, 2.45) is 0 Å². The Morgan fingerprint density at radius 2 is 1.74 bits per heavy atom. The molecule has 1 N–H and O–H groups in total. The zero-order chi connectivity index (χ0) is 23.9. The maximum absolute atomic E-state index is 13.9. The van der Waals surface area contributed by atoms with Crippen LogP contribution in [0.5, 0.6) is 11.5 Å². The molecule has 0 aliphatic rings. The Morgan fingerprint density at radius 1 is 0.971 bits per heavy atom. The predicted molar refractivity (Wildman–Crippen MR) is 139 cm³/mol. The number of carbonyl (C=O) groups is 1. The third kappa shape index (κ3) is 6.40. The first-order valence-corrected chi connectivity index (χ1v) is 12.2. The van der Waals surface area contributed by atoms with Crippen LogP contribution in [0.1, 0.15) is 12.5 Å². The number of halogens is 2. The van der Waals surface area contributed by atoms with Crippen LogP contribution in [-0.2, 0) is 11.2 Å². The van der Waals surface area contributed by atoms with E-state index < -0.39 is 0 Å². The van der Waals surface area contributed by atoms with Crippen molar-refractivity contribution in [2.45, 2.75) is 18.2 Å². The Kier molecular flexibility index (Phi) is 7.88. The van der Waals surface area contributed by atoms with Crippen molar-refractivity contribution in [3.8, 4) is 22.6 Å².